The van der Waals surface area contributed by atoms with Crippen LogP contribution in [0.25, 0.3) is 0 Å². The van der Waals surface area contributed by atoms with E-state index in [1.807, 2.05) is 49.8 Å². The molecule has 0 unspecified atom stereocenters. The maximum atomic E-state index is 11.7. The van der Waals surface area contributed by atoms with E-state index in [9.17, 15) is 4.79 Å². The largest absolute Gasteiger partial charge is 0.357 e. The third-order valence-electron chi connectivity index (χ3n) is 4.52. The summed E-state index contributed by atoms with van der Waals surface area (Å²) < 4.78 is 1.89. The number of benzene rings is 1. The average Bonchev–Trinajstić information content (AvgIpc) is 2.91. The number of rotatable bonds is 7. The van der Waals surface area contributed by atoms with E-state index >= 15 is 0 Å². The molecule has 8 heteroatoms. The number of aryl methyl sites for hydroxylation is 2. The van der Waals surface area contributed by atoms with Gasteiger partial charge in [0.15, 0.2) is 5.96 Å². The fraction of sp³-hybridized carbons (Fsp3) is 0.450. The topological polar surface area (TPSA) is 83.3 Å². The summed E-state index contributed by atoms with van der Waals surface area (Å²) in [4.78, 5) is 16.4. The highest BCUT2D eigenvalue weighted by molar-refractivity contribution is 14.0. The van der Waals surface area contributed by atoms with E-state index < -0.39 is 0 Å². The van der Waals surface area contributed by atoms with Crippen molar-refractivity contribution >= 4 is 35.8 Å². The first kappa shape index (κ1) is 23.9. The van der Waals surface area contributed by atoms with Crippen LogP contribution in [-0.2, 0) is 20.0 Å². The van der Waals surface area contributed by atoms with E-state index in [0.29, 0.717) is 12.1 Å². The molecule has 1 aromatic heterocycles. The highest BCUT2D eigenvalue weighted by Gasteiger charge is 2.09. The van der Waals surface area contributed by atoms with Gasteiger partial charge in [-0.15, -0.1) is 24.0 Å². The van der Waals surface area contributed by atoms with Gasteiger partial charge in [-0.1, -0.05) is 12.1 Å². The summed E-state index contributed by atoms with van der Waals surface area (Å²) in [5.74, 6) is 0.713. The van der Waals surface area contributed by atoms with Crippen molar-refractivity contribution in [3.63, 3.8) is 0 Å². The first-order chi connectivity index (χ1) is 13.0. The van der Waals surface area contributed by atoms with Gasteiger partial charge in [0.05, 0.1) is 12.2 Å². The lowest BCUT2D eigenvalue weighted by Crippen LogP contribution is -2.38. The number of aromatic nitrogens is 2. The maximum Gasteiger partial charge on any atom is 0.251 e. The summed E-state index contributed by atoms with van der Waals surface area (Å²) in [5, 5.41) is 13.7. The molecule has 2 aromatic rings. The Morgan fingerprint density at radius 2 is 2.00 bits per heavy atom. The Labute approximate surface area is 184 Å². The summed E-state index contributed by atoms with van der Waals surface area (Å²) in [6, 6.07) is 7.68. The molecule has 154 valence electrons. The van der Waals surface area contributed by atoms with Crippen LogP contribution in [0.3, 0.4) is 0 Å². The monoisotopic (exact) mass is 498 g/mol. The number of halogens is 1. The van der Waals surface area contributed by atoms with Crippen molar-refractivity contribution < 1.29 is 4.79 Å². The number of carbonyl (C=O) groups is 1. The van der Waals surface area contributed by atoms with Gasteiger partial charge in [-0.25, -0.2) is 4.99 Å². The Morgan fingerprint density at radius 3 is 2.61 bits per heavy atom. The van der Waals surface area contributed by atoms with Gasteiger partial charge in [-0.2, -0.15) is 5.10 Å². The predicted molar refractivity (Wildman–Crippen MR) is 124 cm³/mol. The lowest BCUT2D eigenvalue weighted by atomic mass is 10.1. The van der Waals surface area contributed by atoms with Crippen LogP contribution in [0.2, 0.25) is 0 Å². The van der Waals surface area contributed by atoms with E-state index in [2.05, 4.69) is 33.0 Å². The van der Waals surface area contributed by atoms with Crippen LogP contribution in [0.1, 0.15) is 39.8 Å². The first-order valence-corrected chi connectivity index (χ1v) is 9.28. The first-order valence-electron chi connectivity index (χ1n) is 9.28. The highest BCUT2D eigenvalue weighted by atomic mass is 127. The highest BCUT2D eigenvalue weighted by Crippen LogP contribution is 2.12. The Balaban J connectivity index is 0.00000392. The van der Waals surface area contributed by atoms with Crippen LogP contribution in [0.15, 0.2) is 29.3 Å². The molecule has 1 aromatic carbocycles. The zero-order chi connectivity index (χ0) is 19.8. The van der Waals surface area contributed by atoms with Gasteiger partial charge in [-0.05, 0) is 44.9 Å². The van der Waals surface area contributed by atoms with Crippen molar-refractivity contribution in [3.05, 3.63) is 52.3 Å². The second-order valence-corrected chi connectivity index (χ2v) is 6.42. The minimum atomic E-state index is -0.0677. The fourth-order valence-corrected chi connectivity index (χ4v) is 2.88. The van der Waals surface area contributed by atoms with Gasteiger partial charge in [0.2, 0.25) is 0 Å². The molecule has 0 aliphatic rings. The number of amides is 1. The third-order valence-corrected chi connectivity index (χ3v) is 4.52. The van der Waals surface area contributed by atoms with Crippen LogP contribution in [-0.4, -0.2) is 41.8 Å². The quantitative estimate of drug-likeness (QED) is 0.311. The summed E-state index contributed by atoms with van der Waals surface area (Å²) in [6.45, 7) is 8.23. The molecule has 0 saturated carbocycles. The molecule has 3 N–H and O–H groups in total. The van der Waals surface area contributed by atoms with Crippen LogP contribution in [0, 0.1) is 13.8 Å². The minimum Gasteiger partial charge on any atom is -0.357 e. The number of guanidine groups is 1. The van der Waals surface area contributed by atoms with E-state index in [4.69, 9.17) is 0 Å². The van der Waals surface area contributed by atoms with Gasteiger partial charge >= 0.3 is 0 Å². The zero-order valence-corrected chi connectivity index (χ0v) is 19.6. The number of aliphatic imine (C=N–C) groups is 1. The van der Waals surface area contributed by atoms with Gasteiger partial charge in [0.25, 0.3) is 5.91 Å². The Kier molecular flexibility index (Phi) is 9.98. The maximum absolute atomic E-state index is 11.7. The predicted octanol–water partition coefficient (Wildman–Crippen LogP) is 2.31. The van der Waals surface area contributed by atoms with Gasteiger partial charge in [0, 0.05) is 44.0 Å². The molecular weight excluding hydrogens is 467 g/mol. The van der Waals surface area contributed by atoms with Gasteiger partial charge in [0.1, 0.15) is 0 Å². The molecule has 28 heavy (non-hydrogen) atoms. The molecule has 0 saturated heterocycles. The molecular formula is C20H31IN6O. The van der Waals surface area contributed by atoms with Crippen LogP contribution < -0.4 is 16.0 Å². The zero-order valence-electron chi connectivity index (χ0n) is 17.3. The second-order valence-electron chi connectivity index (χ2n) is 6.42. The molecule has 0 aliphatic carbocycles. The molecule has 1 heterocycles. The number of hydrogen-bond donors (Lipinski definition) is 3. The molecule has 0 fully saturated rings. The Bertz CT molecular complexity index is 815. The Morgan fingerprint density at radius 1 is 1.25 bits per heavy atom. The number of hydrogen-bond acceptors (Lipinski definition) is 3. The van der Waals surface area contributed by atoms with Crippen molar-refractivity contribution in [1.29, 1.82) is 0 Å². The normalized spacial score (nSPS) is 11.0. The third kappa shape index (κ3) is 6.50. The molecule has 0 bridgehead atoms. The SMILES string of the molecule is CCNC(=NCc1c(C)nn(C)c1C)NCCc1cccc(C(=O)NC)c1.I. The number of carbonyl (C=O) groups excluding carboxylic acids is 1. The molecule has 0 spiro atoms. The molecule has 7 nitrogen and oxygen atoms in total. The standard InChI is InChI=1S/C20H30N6O.HI/c1-6-22-20(24-13-18-14(2)25-26(5)15(18)3)23-11-10-16-8-7-9-17(12-16)19(27)21-4;/h7-9,12H,6,10-11,13H2,1-5H3,(H,21,27)(H2,22,23,24);1H. The van der Waals surface area contributed by atoms with Crippen LogP contribution in [0.5, 0.6) is 0 Å². The van der Waals surface area contributed by atoms with Crippen molar-refractivity contribution in [2.24, 2.45) is 12.0 Å². The van der Waals surface area contributed by atoms with E-state index in [1.165, 1.54) is 0 Å². The molecule has 0 radical (unpaired) electrons. The van der Waals surface area contributed by atoms with Crippen molar-refractivity contribution in [2.75, 3.05) is 20.1 Å². The van der Waals surface area contributed by atoms with Gasteiger partial charge < -0.3 is 16.0 Å². The van der Waals surface area contributed by atoms with E-state index in [-0.39, 0.29) is 29.9 Å². The van der Waals surface area contributed by atoms with E-state index in [0.717, 1.165) is 48.0 Å². The fourth-order valence-electron chi connectivity index (χ4n) is 2.88. The van der Waals surface area contributed by atoms with Crippen LogP contribution >= 0.6 is 24.0 Å². The molecule has 0 atom stereocenters. The minimum absolute atomic E-state index is 0. The smallest absolute Gasteiger partial charge is 0.251 e. The Hall–Kier alpha value is -2.10. The summed E-state index contributed by atoms with van der Waals surface area (Å²) in [5.41, 5.74) is 5.10. The summed E-state index contributed by atoms with van der Waals surface area (Å²) in [6.07, 6.45) is 0.806. The summed E-state index contributed by atoms with van der Waals surface area (Å²) >= 11 is 0. The van der Waals surface area contributed by atoms with Crippen molar-refractivity contribution in [1.82, 2.24) is 25.7 Å². The molecule has 2 rings (SSSR count). The average molecular weight is 498 g/mol. The number of nitrogens with one attached hydrogen (secondary N) is 3. The van der Waals surface area contributed by atoms with Crippen molar-refractivity contribution in [3.8, 4) is 0 Å². The van der Waals surface area contributed by atoms with Crippen molar-refractivity contribution in [2.45, 2.75) is 33.7 Å². The number of nitrogens with zero attached hydrogens (tertiary/aromatic N) is 3. The lowest BCUT2D eigenvalue weighted by molar-refractivity contribution is 0.0963. The molecule has 1 amide bonds. The van der Waals surface area contributed by atoms with E-state index in [1.54, 1.807) is 7.05 Å². The lowest BCUT2D eigenvalue weighted by Gasteiger charge is -2.12. The van der Waals surface area contributed by atoms with Crippen LogP contribution in [0.4, 0.5) is 0 Å². The van der Waals surface area contributed by atoms with Gasteiger partial charge in [-0.3, -0.25) is 9.48 Å². The second kappa shape index (κ2) is 11.7. The molecule has 0 aliphatic heterocycles. The summed E-state index contributed by atoms with van der Waals surface area (Å²) in [7, 11) is 3.59.